The fraction of sp³-hybridized carbons (Fsp3) is 0.100. The number of benzene rings is 1. The standard InChI is InChI=1S/C20H15N5O2S/c1-2-27-16-6-4-3-5-14(16)18-15(9-21)17-19(28-18)20(23-12-22-17)25-24-10-13-7-8-26-11-13/h3-8,10-12H,2H2,1H3,(H,22,23,25). The molecule has 0 saturated carbocycles. The summed E-state index contributed by atoms with van der Waals surface area (Å²) in [4.78, 5) is 9.39. The molecule has 4 aromatic rings. The lowest BCUT2D eigenvalue weighted by molar-refractivity contribution is 0.341. The number of aromatic nitrogens is 2. The first-order valence-corrected chi connectivity index (χ1v) is 9.34. The average Bonchev–Trinajstić information content (AvgIpc) is 3.36. The van der Waals surface area contributed by atoms with Crippen LogP contribution in [0.2, 0.25) is 0 Å². The quantitative estimate of drug-likeness (QED) is 0.380. The Morgan fingerprint density at radius 1 is 1.32 bits per heavy atom. The Labute approximate surface area is 164 Å². The van der Waals surface area contributed by atoms with Crippen LogP contribution >= 0.6 is 11.3 Å². The third-order valence-corrected chi connectivity index (χ3v) is 5.16. The molecule has 0 saturated heterocycles. The number of nitriles is 1. The molecule has 0 aliphatic heterocycles. The molecule has 0 aliphatic rings. The van der Waals surface area contributed by atoms with Gasteiger partial charge in [-0.1, -0.05) is 12.1 Å². The number of ether oxygens (including phenoxy) is 1. The van der Waals surface area contributed by atoms with Gasteiger partial charge >= 0.3 is 0 Å². The summed E-state index contributed by atoms with van der Waals surface area (Å²) in [7, 11) is 0. The van der Waals surface area contributed by atoms with Crippen LogP contribution < -0.4 is 10.2 Å². The number of hydrazone groups is 1. The van der Waals surface area contributed by atoms with Crippen molar-refractivity contribution in [2.24, 2.45) is 5.10 Å². The smallest absolute Gasteiger partial charge is 0.167 e. The second-order valence-corrected chi connectivity index (χ2v) is 6.69. The van der Waals surface area contributed by atoms with Crippen LogP contribution in [0.25, 0.3) is 20.7 Å². The Hall–Kier alpha value is -3.70. The predicted molar refractivity (Wildman–Crippen MR) is 109 cm³/mol. The summed E-state index contributed by atoms with van der Waals surface area (Å²) in [5, 5.41) is 14.0. The second-order valence-electron chi connectivity index (χ2n) is 5.67. The van der Waals surface area contributed by atoms with E-state index in [1.165, 1.54) is 17.7 Å². The summed E-state index contributed by atoms with van der Waals surface area (Å²) in [5.41, 5.74) is 5.70. The first kappa shape index (κ1) is 17.7. The van der Waals surface area contributed by atoms with Gasteiger partial charge in [0.1, 0.15) is 23.7 Å². The molecular weight excluding hydrogens is 374 g/mol. The first-order chi connectivity index (χ1) is 13.8. The van der Waals surface area contributed by atoms with E-state index in [1.807, 2.05) is 31.2 Å². The van der Waals surface area contributed by atoms with Crippen LogP contribution in [-0.2, 0) is 0 Å². The Bertz CT molecular complexity index is 1180. The Kier molecular flexibility index (Phi) is 4.99. The highest BCUT2D eigenvalue weighted by atomic mass is 32.1. The first-order valence-electron chi connectivity index (χ1n) is 8.53. The third-order valence-electron chi connectivity index (χ3n) is 3.94. The predicted octanol–water partition coefficient (Wildman–Crippen LogP) is 4.67. The highest BCUT2D eigenvalue weighted by molar-refractivity contribution is 7.23. The van der Waals surface area contributed by atoms with Gasteiger partial charge in [0.05, 0.1) is 40.5 Å². The molecule has 0 aliphatic carbocycles. The second kappa shape index (κ2) is 7.90. The van der Waals surface area contributed by atoms with E-state index in [0.29, 0.717) is 23.5 Å². The van der Waals surface area contributed by atoms with Crippen LogP contribution in [0.4, 0.5) is 5.82 Å². The van der Waals surface area contributed by atoms with Gasteiger partial charge in [-0.25, -0.2) is 9.97 Å². The molecular formula is C20H15N5O2S. The van der Waals surface area contributed by atoms with E-state index in [-0.39, 0.29) is 0 Å². The number of anilines is 1. The fourth-order valence-corrected chi connectivity index (χ4v) is 3.91. The molecule has 0 amide bonds. The SMILES string of the molecule is CCOc1ccccc1-c1sc2c(NN=Cc3ccoc3)ncnc2c1C#N. The number of hydrogen-bond acceptors (Lipinski definition) is 8. The molecule has 138 valence electrons. The number of rotatable bonds is 6. The van der Waals surface area contributed by atoms with E-state index < -0.39 is 0 Å². The van der Waals surface area contributed by atoms with E-state index in [2.05, 4.69) is 26.6 Å². The summed E-state index contributed by atoms with van der Waals surface area (Å²) in [5.74, 6) is 1.26. The van der Waals surface area contributed by atoms with Crippen molar-refractivity contribution in [1.82, 2.24) is 9.97 Å². The van der Waals surface area contributed by atoms with Gasteiger partial charge in [0.25, 0.3) is 0 Å². The minimum Gasteiger partial charge on any atom is -0.493 e. The zero-order valence-electron chi connectivity index (χ0n) is 14.9. The van der Waals surface area contributed by atoms with Crippen molar-refractivity contribution in [2.75, 3.05) is 12.0 Å². The lowest BCUT2D eigenvalue weighted by Gasteiger charge is -2.08. The van der Waals surface area contributed by atoms with Crippen molar-refractivity contribution in [3.8, 4) is 22.3 Å². The van der Waals surface area contributed by atoms with Crippen molar-refractivity contribution in [2.45, 2.75) is 6.92 Å². The molecule has 0 atom stereocenters. The van der Waals surface area contributed by atoms with Gasteiger partial charge in [-0.3, -0.25) is 5.43 Å². The zero-order valence-corrected chi connectivity index (χ0v) is 15.7. The van der Waals surface area contributed by atoms with E-state index in [9.17, 15) is 5.26 Å². The molecule has 8 heteroatoms. The maximum absolute atomic E-state index is 9.77. The van der Waals surface area contributed by atoms with Crippen LogP contribution in [0.1, 0.15) is 18.1 Å². The molecule has 0 spiro atoms. The molecule has 0 bridgehead atoms. The summed E-state index contributed by atoms with van der Waals surface area (Å²) in [6.45, 7) is 2.47. The number of hydrogen-bond donors (Lipinski definition) is 1. The van der Waals surface area contributed by atoms with Crippen molar-refractivity contribution in [1.29, 1.82) is 5.26 Å². The van der Waals surface area contributed by atoms with Gasteiger partial charge < -0.3 is 9.15 Å². The largest absolute Gasteiger partial charge is 0.493 e. The number of para-hydroxylation sites is 1. The van der Waals surface area contributed by atoms with Crippen molar-refractivity contribution < 1.29 is 9.15 Å². The summed E-state index contributed by atoms with van der Waals surface area (Å²) in [6, 6.07) is 11.7. The van der Waals surface area contributed by atoms with Crippen LogP contribution in [0.15, 0.2) is 58.7 Å². The zero-order chi connectivity index (χ0) is 19.3. The fourth-order valence-electron chi connectivity index (χ4n) is 2.73. The highest BCUT2D eigenvalue weighted by Crippen LogP contribution is 2.43. The maximum Gasteiger partial charge on any atom is 0.167 e. The lowest BCUT2D eigenvalue weighted by atomic mass is 10.1. The lowest BCUT2D eigenvalue weighted by Crippen LogP contribution is -1.94. The van der Waals surface area contributed by atoms with Crippen molar-refractivity contribution in [3.63, 3.8) is 0 Å². The Balaban J connectivity index is 1.79. The van der Waals surface area contributed by atoms with Crippen LogP contribution in [0, 0.1) is 11.3 Å². The van der Waals surface area contributed by atoms with E-state index in [1.54, 1.807) is 24.8 Å². The Morgan fingerprint density at radius 2 is 2.21 bits per heavy atom. The maximum atomic E-state index is 9.77. The van der Waals surface area contributed by atoms with E-state index >= 15 is 0 Å². The molecule has 3 heterocycles. The molecule has 3 aromatic heterocycles. The van der Waals surface area contributed by atoms with Crippen LogP contribution in [0.5, 0.6) is 5.75 Å². The van der Waals surface area contributed by atoms with Gasteiger partial charge in [-0.2, -0.15) is 10.4 Å². The Morgan fingerprint density at radius 3 is 3.00 bits per heavy atom. The van der Waals surface area contributed by atoms with E-state index in [4.69, 9.17) is 9.15 Å². The minimum absolute atomic E-state index is 0.497. The molecule has 4 rings (SSSR count). The number of fused-ring (bicyclic) bond motifs is 1. The molecule has 0 unspecified atom stereocenters. The topological polar surface area (TPSA) is 96.3 Å². The van der Waals surface area contributed by atoms with Gasteiger partial charge in [-0.15, -0.1) is 11.3 Å². The van der Waals surface area contributed by atoms with Gasteiger partial charge in [0, 0.05) is 11.1 Å². The highest BCUT2D eigenvalue weighted by Gasteiger charge is 2.20. The monoisotopic (exact) mass is 389 g/mol. The summed E-state index contributed by atoms with van der Waals surface area (Å²) in [6.07, 6.45) is 6.21. The number of thiophene rings is 1. The molecule has 1 N–H and O–H groups in total. The number of furan rings is 1. The molecule has 0 fully saturated rings. The van der Waals surface area contributed by atoms with E-state index in [0.717, 1.165) is 26.5 Å². The normalized spacial score (nSPS) is 11.0. The molecule has 7 nitrogen and oxygen atoms in total. The van der Waals surface area contributed by atoms with Crippen molar-refractivity contribution >= 4 is 33.6 Å². The molecule has 0 radical (unpaired) electrons. The average molecular weight is 389 g/mol. The number of nitrogens with one attached hydrogen (secondary N) is 1. The van der Waals surface area contributed by atoms with Gasteiger partial charge in [-0.05, 0) is 25.1 Å². The minimum atomic E-state index is 0.497. The van der Waals surface area contributed by atoms with Crippen LogP contribution in [0.3, 0.4) is 0 Å². The summed E-state index contributed by atoms with van der Waals surface area (Å²) < 4.78 is 11.5. The molecule has 1 aromatic carbocycles. The number of nitrogens with zero attached hydrogens (tertiary/aromatic N) is 4. The van der Waals surface area contributed by atoms with Gasteiger partial charge in [0.2, 0.25) is 0 Å². The summed E-state index contributed by atoms with van der Waals surface area (Å²) >= 11 is 1.43. The van der Waals surface area contributed by atoms with Gasteiger partial charge in [0.15, 0.2) is 5.82 Å². The van der Waals surface area contributed by atoms with Crippen molar-refractivity contribution in [3.05, 3.63) is 60.3 Å². The molecule has 28 heavy (non-hydrogen) atoms. The third kappa shape index (κ3) is 3.31. The van der Waals surface area contributed by atoms with Crippen LogP contribution in [-0.4, -0.2) is 22.8 Å².